The molecule has 0 N–H and O–H groups in total. The summed E-state index contributed by atoms with van der Waals surface area (Å²) in [5.41, 5.74) is 0. The number of carbonyl (C=O) groups is 1. The SMILES string of the molecule is C#CC(C)OC(=O)CCCCCCCCCC. The van der Waals surface area contributed by atoms with Crippen LogP contribution in [-0.2, 0) is 9.53 Å². The zero-order valence-corrected chi connectivity index (χ0v) is 11.3. The van der Waals surface area contributed by atoms with Crippen molar-refractivity contribution in [2.24, 2.45) is 0 Å². The lowest BCUT2D eigenvalue weighted by Gasteiger charge is -2.06. The summed E-state index contributed by atoms with van der Waals surface area (Å²) in [6.07, 6.45) is 15.1. The van der Waals surface area contributed by atoms with Crippen LogP contribution >= 0.6 is 0 Å². The molecule has 0 aliphatic rings. The van der Waals surface area contributed by atoms with Gasteiger partial charge in [0.2, 0.25) is 0 Å². The van der Waals surface area contributed by atoms with Crippen molar-refractivity contribution in [1.29, 1.82) is 0 Å². The number of ether oxygens (including phenoxy) is 1. The average molecular weight is 238 g/mol. The molecule has 0 aliphatic carbocycles. The Hall–Kier alpha value is -0.970. The number of carbonyl (C=O) groups excluding carboxylic acids is 1. The minimum atomic E-state index is -0.392. The standard InChI is InChI=1S/C15H26O2/c1-4-6-7-8-9-10-11-12-13-15(16)17-14(3)5-2/h2,14H,4,6-13H2,1,3H3. The van der Waals surface area contributed by atoms with E-state index in [1.807, 2.05) is 0 Å². The Labute approximate surface area is 106 Å². The maximum Gasteiger partial charge on any atom is 0.307 e. The minimum absolute atomic E-state index is 0.165. The molecule has 0 aromatic heterocycles. The highest BCUT2D eigenvalue weighted by atomic mass is 16.5. The largest absolute Gasteiger partial charge is 0.449 e. The van der Waals surface area contributed by atoms with Gasteiger partial charge in [0, 0.05) is 6.42 Å². The fourth-order valence-electron chi connectivity index (χ4n) is 1.69. The van der Waals surface area contributed by atoms with E-state index in [1.54, 1.807) is 6.92 Å². The quantitative estimate of drug-likeness (QED) is 0.325. The van der Waals surface area contributed by atoms with E-state index in [-0.39, 0.29) is 5.97 Å². The van der Waals surface area contributed by atoms with E-state index in [2.05, 4.69) is 12.8 Å². The molecule has 0 aromatic carbocycles. The molecule has 1 atom stereocenters. The molecule has 0 radical (unpaired) electrons. The highest BCUT2D eigenvalue weighted by Gasteiger charge is 2.05. The van der Waals surface area contributed by atoms with Gasteiger partial charge in [-0.05, 0) is 13.3 Å². The molecule has 0 amide bonds. The Balaban J connectivity index is 3.23. The predicted molar refractivity (Wildman–Crippen MR) is 71.6 cm³/mol. The molecular weight excluding hydrogens is 212 g/mol. The Morgan fingerprint density at radius 1 is 1.12 bits per heavy atom. The highest BCUT2D eigenvalue weighted by Crippen LogP contribution is 2.10. The van der Waals surface area contributed by atoms with Gasteiger partial charge < -0.3 is 4.74 Å². The second kappa shape index (κ2) is 11.5. The number of terminal acetylenes is 1. The van der Waals surface area contributed by atoms with E-state index < -0.39 is 6.10 Å². The first-order chi connectivity index (χ1) is 8.20. The van der Waals surface area contributed by atoms with Crippen LogP contribution in [-0.4, -0.2) is 12.1 Å². The van der Waals surface area contributed by atoms with Crippen molar-refractivity contribution in [2.75, 3.05) is 0 Å². The second-order valence-electron chi connectivity index (χ2n) is 4.52. The number of unbranched alkanes of at least 4 members (excludes halogenated alkanes) is 7. The van der Waals surface area contributed by atoms with Gasteiger partial charge in [0.05, 0.1) is 0 Å². The molecule has 2 heteroatoms. The summed E-state index contributed by atoms with van der Waals surface area (Å²) in [7, 11) is 0. The molecule has 1 unspecified atom stereocenters. The van der Waals surface area contributed by atoms with Gasteiger partial charge in [-0.15, -0.1) is 6.42 Å². The third-order valence-corrected chi connectivity index (χ3v) is 2.78. The summed E-state index contributed by atoms with van der Waals surface area (Å²) in [6.45, 7) is 3.94. The van der Waals surface area contributed by atoms with Crippen molar-refractivity contribution in [1.82, 2.24) is 0 Å². The van der Waals surface area contributed by atoms with Crippen LogP contribution in [0.3, 0.4) is 0 Å². The van der Waals surface area contributed by atoms with Gasteiger partial charge >= 0.3 is 5.97 Å². The lowest BCUT2D eigenvalue weighted by molar-refractivity contribution is -0.145. The fourth-order valence-corrected chi connectivity index (χ4v) is 1.69. The molecule has 0 bridgehead atoms. The van der Waals surface area contributed by atoms with Crippen molar-refractivity contribution in [2.45, 2.75) is 77.7 Å². The summed E-state index contributed by atoms with van der Waals surface area (Å²) in [5, 5.41) is 0. The molecule has 0 fully saturated rings. The van der Waals surface area contributed by atoms with E-state index >= 15 is 0 Å². The lowest BCUT2D eigenvalue weighted by atomic mass is 10.1. The fraction of sp³-hybridized carbons (Fsp3) is 0.800. The first kappa shape index (κ1) is 16.0. The van der Waals surface area contributed by atoms with E-state index in [0.29, 0.717) is 6.42 Å². The zero-order valence-electron chi connectivity index (χ0n) is 11.3. The van der Waals surface area contributed by atoms with Gasteiger partial charge in [-0.1, -0.05) is 57.8 Å². The van der Waals surface area contributed by atoms with E-state index in [9.17, 15) is 4.79 Å². The van der Waals surface area contributed by atoms with Crippen LogP contribution in [0, 0.1) is 12.3 Å². The normalized spacial score (nSPS) is 11.8. The maximum absolute atomic E-state index is 11.3. The minimum Gasteiger partial charge on any atom is -0.449 e. The first-order valence-corrected chi connectivity index (χ1v) is 6.86. The van der Waals surface area contributed by atoms with Gasteiger partial charge in [0.25, 0.3) is 0 Å². The monoisotopic (exact) mass is 238 g/mol. The molecule has 0 aromatic rings. The molecule has 0 rings (SSSR count). The average Bonchev–Trinajstić information content (AvgIpc) is 2.32. The van der Waals surface area contributed by atoms with Crippen LogP contribution in [0.5, 0.6) is 0 Å². The molecule has 0 aliphatic heterocycles. The molecular formula is C15H26O2. The van der Waals surface area contributed by atoms with Crippen molar-refractivity contribution in [3.8, 4) is 12.3 Å². The van der Waals surface area contributed by atoms with Crippen LogP contribution in [0.25, 0.3) is 0 Å². The van der Waals surface area contributed by atoms with Crippen LogP contribution in [0.2, 0.25) is 0 Å². The zero-order chi connectivity index (χ0) is 12.9. The predicted octanol–water partition coefficient (Wildman–Crippen LogP) is 4.08. The Morgan fingerprint density at radius 3 is 2.18 bits per heavy atom. The first-order valence-electron chi connectivity index (χ1n) is 6.86. The Morgan fingerprint density at radius 2 is 1.65 bits per heavy atom. The van der Waals surface area contributed by atoms with E-state index in [4.69, 9.17) is 11.2 Å². The highest BCUT2D eigenvalue weighted by molar-refractivity contribution is 5.69. The summed E-state index contributed by atoms with van der Waals surface area (Å²) in [6, 6.07) is 0. The van der Waals surface area contributed by atoms with Crippen molar-refractivity contribution >= 4 is 5.97 Å². The smallest absolute Gasteiger partial charge is 0.307 e. The van der Waals surface area contributed by atoms with Crippen LogP contribution in [0.4, 0.5) is 0 Å². The third-order valence-electron chi connectivity index (χ3n) is 2.78. The van der Waals surface area contributed by atoms with Crippen molar-refractivity contribution < 1.29 is 9.53 Å². The van der Waals surface area contributed by atoms with Crippen LogP contribution in [0.15, 0.2) is 0 Å². The molecule has 17 heavy (non-hydrogen) atoms. The van der Waals surface area contributed by atoms with E-state index in [0.717, 1.165) is 12.8 Å². The van der Waals surface area contributed by atoms with Gasteiger partial charge in [-0.25, -0.2) is 0 Å². The molecule has 0 heterocycles. The Kier molecular flexibility index (Phi) is 10.9. The number of esters is 1. The van der Waals surface area contributed by atoms with Gasteiger partial charge in [0.15, 0.2) is 6.10 Å². The lowest BCUT2D eigenvalue weighted by Crippen LogP contribution is -2.12. The molecule has 0 spiro atoms. The van der Waals surface area contributed by atoms with Gasteiger partial charge in [0.1, 0.15) is 0 Å². The van der Waals surface area contributed by atoms with Gasteiger partial charge in [-0.2, -0.15) is 0 Å². The summed E-state index contributed by atoms with van der Waals surface area (Å²) in [5.74, 6) is 2.22. The Bertz CT molecular complexity index is 228. The number of hydrogen-bond donors (Lipinski definition) is 0. The van der Waals surface area contributed by atoms with Crippen LogP contribution in [0.1, 0.15) is 71.6 Å². The van der Waals surface area contributed by atoms with E-state index in [1.165, 1.54) is 38.5 Å². The summed E-state index contributed by atoms with van der Waals surface area (Å²) >= 11 is 0. The maximum atomic E-state index is 11.3. The molecule has 0 saturated carbocycles. The summed E-state index contributed by atoms with van der Waals surface area (Å²) in [4.78, 5) is 11.3. The van der Waals surface area contributed by atoms with Crippen molar-refractivity contribution in [3.05, 3.63) is 0 Å². The molecule has 0 saturated heterocycles. The number of rotatable bonds is 10. The molecule has 2 nitrogen and oxygen atoms in total. The third kappa shape index (κ3) is 11.3. The topological polar surface area (TPSA) is 26.3 Å². The summed E-state index contributed by atoms with van der Waals surface area (Å²) < 4.78 is 4.98. The second-order valence-corrected chi connectivity index (χ2v) is 4.52. The number of hydrogen-bond acceptors (Lipinski definition) is 2. The molecule has 98 valence electrons. The van der Waals surface area contributed by atoms with Crippen LogP contribution < -0.4 is 0 Å². The van der Waals surface area contributed by atoms with Gasteiger partial charge in [-0.3, -0.25) is 4.79 Å². The van der Waals surface area contributed by atoms with Crippen molar-refractivity contribution in [3.63, 3.8) is 0 Å².